The standard InChI is InChI=1S/C51H34B2N6.2Pt/c1-35-36(2)57-58-51(56-35)59-49-33-43(52(39-17-5-3-6-18-39)41-21-13-15-37(31-41)47-23-9-11-29-54-47)25-27-45(49)46-28-26-44(34-50(46)59)53(40-19-7-4-8-20-40)42-22-14-16-38(32-42)48-24-10-12-30-55-48;;/h3-30H,1-2H3;;/q-4;2*+2. The van der Waals surface area contributed by atoms with E-state index in [0.29, 0.717) is 5.95 Å². The zero-order valence-electron chi connectivity index (χ0n) is 33.1. The summed E-state index contributed by atoms with van der Waals surface area (Å²) in [6.45, 7) is 3.56. The Bertz CT molecular complexity index is 2910. The monoisotopic (exact) mass is 1140 g/mol. The van der Waals surface area contributed by atoms with Crippen molar-refractivity contribution >= 4 is 68.0 Å². The number of benzene rings is 6. The molecule has 0 radical (unpaired) electrons. The maximum Gasteiger partial charge on any atom is 2.00 e. The first-order valence-electron chi connectivity index (χ1n) is 19.7. The van der Waals surface area contributed by atoms with Gasteiger partial charge in [-0.3, -0.25) is 0 Å². The Morgan fingerprint density at radius 1 is 0.426 bits per heavy atom. The second-order valence-corrected chi connectivity index (χ2v) is 14.6. The van der Waals surface area contributed by atoms with Crippen molar-refractivity contribution in [2.45, 2.75) is 13.8 Å². The molecule has 0 amide bonds. The van der Waals surface area contributed by atoms with Gasteiger partial charge in [-0.1, -0.05) is 107 Å². The van der Waals surface area contributed by atoms with E-state index in [9.17, 15) is 0 Å². The van der Waals surface area contributed by atoms with Crippen LogP contribution in [0, 0.1) is 38.1 Å². The molecule has 61 heavy (non-hydrogen) atoms. The van der Waals surface area contributed by atoms with Crippen molar-refractivity contribution in [2.75, 3.05) is 0 Å². The Kier molecular flexibility index (Phi) is 12.5. The summed E-state index contributed by atoms with van der Waals surface area (Å²) < 4.78 is 2.07. The largest absolute Gasteiger partial charge is 2.00 e. The number of aromatic nitrogens is 6. The molecule has 10 rings (SSSR count). The number of hydrogen-bond acceptors (Lipinski definition) is 5. The summed E-state index contributed by atoms with van der Waals surface area (Å²) in [6.07, 6.45) is 3.63. The van der Waals surface area contributed by atoms with Crippen LogP contribution in [0.3, 0.4) is 0 Å². The molecule has 6 aromatic carbocycles. The SMILES string of the molecule is Cc1nnc(-n2c3[c-]c(B(c4[c-]c(-c5ccccn5)ccc4)c4ccccc4)ccc3c3ccc(B(c4[c-]c(-c5ccccn5)ccc4)c4ccccc4)[c-]c32)nc1C.[Pt+2].[Pt+2]. The zero-order valence-corrected chi connectivity index (χ0v) is 37.7. The third-order valence-corrected chi connectivity index (χ3v) is 10.9. The second-order valence-electron chi connectivity index (χ2n) is 14.6. The van der Waals surface area contributed by atoms with Crippen molar-refractivity contribution in [3.05, 3.63) is 206 Å². The first kappa shape index (κ1) is 41.7. The molecular weight excluding hydrogens is 1110 g/mol. The minimum atomic E-state index is -0.168. The average molecular weight is 1140 g/mol. The van der Waals surface area contributed by atoms with E-state index in [1.54, 1.807) is 0 Å². The molecule has 0 fully saturated rings. The number of nitrogens with zero attached hydrogens (tertiary/aromatic N) is 6. The number of fused-ring (bicyclic) bond motifs is 3. The quantitative estimate of drug-likeness (QED) is 0.133. The van der Waals surface area contributed by atoms with Crippen LogP contribution in [0.25, 0.3) is 50.3 Å². The molecule has 0 aliphatic heterocycles. The fourth-order valence-electron chi connectivity index (χ4n) is 7.97. The maximum absolute atomic E-state index is 5.01. The van der Waals surface area contributed by atoms with E-state index in [1.165, 1.54) is 0 Å². The van der Waals surface area contributed by atoms with Crippen LogP contribution in [0.4, 0.5) is 0 Å². The summed E-state index contributed by atoms with van der Waals surface area (Å²) in [5.74, 6) is 0.467. The van der Waals surface area contributed by atoms with E-state index >= 15 is 0 Å². The first-order valence-corrected chi connectivity index (χ1v) is 19.7. The van der Waals surface area contributed by atoms with Crippen molar-refractivity contribution in [1.29, 1.82) is 0 Å². The van der Waals surface area contributed by atoms with E-state index in [0.717, 1.165) is 88.5 Å². The predicted molar refractivity (Wildman–Crippen MR) is 241 cm³/mol. The normalized spacial score (nSPS) is 10.9. The van der Waals surface area contributed by atoms with E-state index in [1.807, 2.05) is 74.8 Å². The van der Waals surface area contributed by atoms with E-state index < -0.39 is 0 Å². The summed E-state index contributed by atoms with van der Waals surface area (Å²) in [6, 6.07) is 69.5. The molecule has 0 saturated carbocycles. The van der Waals surface area contributed by atoms with Crippen LogP contribution >= 0.6 is 0 Å². The molecule has 0 unspecified atom stereocenters. The van der Waals surface area contributed by atoms with Gasteiger partial charge in [-0.2, -0.15) is 74.1 Å². The number of rotatable bonds is 9. The topological polar surface area (TPSA) is 69.4 Å². The predicted octanol–water partition coefficient (Wildman–Crippen LogP) is 5.94. The van der Waals surface area contributed by atoms with Gasteiger partial charge in [-0.05, 0) is 37.4 Å². The third-order valence-electron chi connectivity index (χ3n) is 10.9. The van der Waals surface area contributed by atoms with Crippen molar-refractivity contribution in [2.24, 2.45) is 0 Å². The molecule has 6 nitrogen and oxygen atoms in total. The van der Waals surface area contributed by atoms with Crippen LogP contribution in [-0.4, -0.2) is 43.1 Å². The summed E-state index contributed by atoms with van der Waals surface area (Å²) >= 11 is 0. The number of pyridine rings is 2. The number of hydrogen-bond donors (Lipinski definition) is 0. The van der Waals surface area contributed by atoms with Gasteiger partial charge in [0.15, 0.2) is 13.4 Å². The number of aryl methyl sites for hydroxylation is 2. The summed E-state index contributed by atoms with van der Waals surface area (Å²) in [5, 5.41) is 11.3. The molecule has 294 valence electrons. The van der Waals surface area contributed by atoms with Gasteiger partial charge in [0, 0.05) is 12.4 Å². The van der Waals surface area contributed by atoms with E-state index in [2.05, 4.69) is 158 Å². The maximum atomic E-state index is 5.01. The van der Waals surface area contributed by atoms with Crippen molar-refractivity contribution in [3.63, 3.8) is 0 Å². The molecule has 0 aliphatic carbocycles. The van der Waals surface area contributed by atoms with Crippen LogP contribution in [-0.2, 0) is 42.1 Å². The van der Waals surface area contributed by atoms with Crippen LogP contribution in [0.15, 0.2) is 170 Å². The van der Waals surface area contributed by atoms with Crippen molar-refractivity contribution in [1.82, 2.24) is 29.7 Å². The Labute approximate surface area is 385 Å². The Morgan fingerprint density at radius 3 is 1.33 bits per heavy atom. The van der Waals surface area contributed by atoms with Gasteiger partial charge >= 0.3 is 42.1 Å². The molecule has 0 N–H and O–H groups in total. The van der Waals surface area contributed by atoms with Crippen LogP contribution in [0.5, 0.6) is 0 Å². The van der Waals surface area contributed by atoms with Gasteiger partial charge in [0.1, 0.15) is 0 Å². The minimum Gasteiger partial charge on any atom is -0.327 e. The van der Waals surface area contributed by atoms with Crippen molar-refractivity contribution < 1.29 is 42.1 Å². The fourth-order valence-corrected chi connectivity index (χ4v) is 7.97. The van der Waals surface area contributed by atoms with Crippen LogP contribution < -0.4 is 32.8 Å². The summed E-state index contributed by atoms with van der Waals surface area (Å²) in [4.78, 5) is 14.3. The van der Waals surface area contributed by atoms with Crippen LogP contribution in [0.1, 0.15) is 11.4 Å². The van der Waals surface area contributed by atoms with Crippen LogP contribution in [0.2, 0.25) is 0 Å². The Balaban J connectivity index is 0.00000257. The minimum absolute atomic E-state index is 0. The molecule has 0 saturated heterocycles. The molecule has 10 heteroatoms. The van der Waals surface area contributed by atoms with E-state index in [4.69, 9.17) is 4.98 Å². The average Bonchev–Trinajstić information content (AvgIpc) is 3.62. The van der Waals surface area contributed by atoms with Gasteiger partial charge in [0.2, 0.25) is 0 Å². The first-order chi connectivity index (χ1) is 29.1. The molecule has 4 aromatic heterocycles. The molecule has 0 spiro atoms. The fraction of sp³-hybridized carbons (Fsp3) is 0.0392. The van der Waals surface area contributed by atoms with Gasteiger partial charge in [-0.15, -0.1) is 64.8 Å². The molecule has 0 bridgehead atoms. The van der Waals surface area contributed by atoms with Crippen molar-refractivity contribution in [3.8, 4) is 28.5 Å². The molecule has 0 atom stereocenters. The van der Waals surface area contributed by atoms with Gasteiger partial charge in [-0.25, -0.2) is 4.98 Å². The molecule has 4 heterocycles. The molecular formula is C51H34B2N6Pt2. The smallest absolute Gasteiger partial charge is 0.327 e. The third kappa shape index (κ3) is 8.23. The molecule has 0 aliphatic rings. The molecule has 10 aromatic rings. The Morgan fingerprint density at radius 2 is 0.885 bits per heavy atom. The van der Waals surface area contributed by atoms with Gasteiger partial charge < -0.3 is 14.5 Å². The van der Waals surface area contributed by atoms with Gasteiger partial charge in [0.25, 0.3) is 5.95 Å². The Hall–Kier alpha value is -6.06. The zero-order chi connectivity index (χ0) is 39.7. The second kappa shape index (κ2) is 18.3. The summed E-state index contributed by atoms with van der Waals surface area (Å²) in [7, 11) is 0. The van der Waals surface area contributed by atoms with Gasteiger partial charge in [0.05, 0.1) is 11.4 Å². The summed E-state index contributed by atoms with van der Waals surface area (Å²) in [5.41, 5.74) is 13.2. The van der Waals surface area contributed by atoms with E-state index in [-0.39, 0.29) is 55.6 Å².